The van der Waals surface area contributed by atoms with Gasteiger partial charge in [0.05, 0.1) is 11.6 Å². The molecule has 0 aliphatic carbocycles. The number of carbonyl (C=O) groups is 2. The van der Waals surface area contributed by atoms with E-state index in [0.717, 1.165) is 0 Å². The van der Waals surface area contributed by atoms with Gasteiger partial charge in [0.25, 0.3) is 5.91 Å². The van der Waals surface area contributed by atoms with Crippen molar-refractivity contribution in [1.29, 1.82) is 0 Å². The van der Waals surface area contributed by atoms with Crippen LogP contribution in [0.1, 0.15) is 18.1 Å². The molecule has 1 aliphatic rings. The number of carbonyl (C=O) groups excluding carboxylic acids is 2. The first-order valence-corrected chi connectivity index (χ1v) is 8.51. The summed E-state index contributed by atoms with van der Waals surface area (Å²) in [4.78, 5) is 22.9. The molecule has 27 heavy (non-hydrogen) atoms. The molecular formula is C19H16ClFN2O4. The largest absolute Gasteiger partial charge is 0.490 e. The van der Waals surface area contributed by atoms with Crippen LogP contribution in [-0.2, 0) is 11.4 Å². The van der Waals surface area contributed by atoms with Crippen molar-refractivity contribution in [1.82, 2.24) is 10.6 Å². The molecule has 1 saturated heterocycles. The summed E-state index contributed by atoms with van der Waals surface area (Å²) in [5.41, 5.74) is 1.30. The topological polar surface area (TPSA) is 76.7 Å². The molecule has 0 spiro atoms. The van der Waals surface area contributed by atoms with E-state index in [1.165, 1.54) is 18.2 Å². The minimum Gasteiger partial charge on any atom is -0.490 e. The number of ether oxygens (including phenoxy) is 2. The maximum atomic E-state index is 13.3. The molecule has 6 nitrogen and oxygen atoms in total. The van der Waals surface area contributed by atoms with Gasteiger partial charge in [-0.05, 0) is 48.4 Å². The quantitative estimate of drug-likeness (QED) is 0.583. The van der Waals surface area contributed by atoms with E-state index in [2.05, 4.69) is 10.6 Å². The maximum absolute atomic E-state index is 13.3. The van der Waals surface area contributed by atoms with Crippen molar-refractivity contribution in [3.05, 3.63) is 64.1 Å². The summed E-state index contributed by atoms with van der Waals surface area (Å²) in [7, 11) is 0. The zero-order valence-electron chi connectivity index (χ0n) is 14.3. The van der Waals surface area contributed by atoms with Crippen molar-refractivity contribution >= 4 is 29.6 Å². The molecule has 3 amide bonds. The Labute approximate surface area is 159 Å². The van der Waals surface area contributed by atoms with Crippen molar-refractivity contribution in [3.8, 4) is 11.5 Å². The summed E-state index contributed by atoms with van der Waals surface area (Å²) < 4.78 is 24.6. The SMILES string of the molecule is CCOc1cc(C=C2NC(=O)NC2=O)cc(Cl)c1OCc1cccc(F)c1. The summed E-state index contributed by atoms with van der Waals surface area (Å²) in [6, 6.07) is 8.68. The van der Waals surface area contributed by atoms with Crippen LogP contribution < -0.4 is 20.1 Å². The van der Waals surface area contributed by atoms with Gasteiger partial charge < -0.3 is 14.8 Å². The predicted molar refractivity (Wildman–Crippen MR) is 98.0 cm³/mol. The standard InChI is InChI=1S/C19H16ClFN2O4/c1-2-26-16-9-12(8-15-18(24)23-19(25)22-15)7-14(20)17(16)27-10-11-4-3-5-13(21)6-11/h3-9H,2,10H2,1H3,(H2,22,23,24,25). The van der Waals surface area contributed by atoms with Gasteiger partial charge in [-0.15, -0.1) is 0 Å². The second kappa shape index (κ2) is 8.09. The zero-order valence-corrected chi connectivity index (χ0v) is 15.1. The van der Waals surface area contributed by atoms with Crippen LogP contribution in [0.15, 0.2) is 42.1 Å². The lowest BCUT2D eigenvalue weighted by atomic mass is 10.1. The highest BCUT2D eigenvalue weighted by atomic mass is 35.5. The highest BCUT2D eigenvalue weighted by Gasteiger charge is 2.23. The fourth-order valence-electron chi connectivity index (χ4n) is 2.51. The molecule has 0 unspecified atom stereocenters. The van der Waals surface area contributed by atoms with Crippen LogP contribution in [0.2, 0.25) is 5.02 Å². The van der Waals surface area contributed by atoms with E-state index >= 15 is 0 Å². The van der Waals surface area contributed by atoms with Gasteiger partial charge in [-0.1, -0.05) is 23.7 Å². The van der Waals surface area contributed by atoms with Crippen molar-refractivity contribution in [2.24, 2.45) is 0 Å². The first-order valence-electron chi connectivity index (χ1n) is 8.14. The van der Waals surface area contributed by atoms with Crippen LogP contribution in [0.25, 0.3) is 6.08 Å². The van der Waals surface area contributed by atoms with E-state index in [0.29, 0.717) is 29.2 Å². The van der Waals surface area contributed by atoms with Crippen LogP contribution in [0, 0.1) is 5.82 Å². The summed E-state index contributed by atoms with van der Waals surface area (Å²) in [6.07, 6.45) is 1.48. The monoisotopic (exact) mass is 390 g/mol. The summed E-state index contributed by atoms with van der Waals surface area (Å²) in [6.45, 7) is 2.28. The van der Waals surface area contributed by atoms with Crippen molar-refractivity contribution in [2.45, 2.75) is 13.5 Å². The van der Waals surface area contributed by atoms with Crippen molar-refractivity contribution < 1.29 is 23.5 Å². The Balaban J connectivity index is 1.87. The lowest BCUT2D eigenvalue weighted by Crippen LogP contribution is -2.22. The Kier molecular flexibility index (Phi) is 5.61. The van der Waals surface area contributed by atoms with Crippen molar-refractivity contribution in [3.63, 3.8) is 0 Å². The highest BCUT2D eigenvalue weighted by Crippen LogP contribution is 2.38. The van der Waals surface area contributed by atoms with E-state index in [1.807, 2.05) is 0 Å². The molecule has 1 aliphatic heterocycles. The van der Waals surface area contributed by atoms with Crippen molar-refractivity contribution in [2.75, 3.05) is 6.61 Å². The van der Waals surface area contributed by atoms with Gasteiger partial charge in [0.1, 0.15) is 18.1 Å². The fourth-order valence-corrected chi connectivity index (χ4v) is 2.78. The smallest absolute Gasteiger partial charge is 0.326 e. The second-order valence-electron chi connectivity index (χ2n) is 5.65. The van der Waals surface area contributed by atoms with E-state index in [-0.39, 0.29) is 23.1 Å². The van der Waals surface area contributed by atoms with Crippen LogP contribution in [-0.4, -0.2) is 18.5 Å². The Morgan fingerprint density at radius 2 is 1.96 bits per heavy atom. The fraction of sp³-hybridized carbons (Fsp3) is 0.158. The number of benzene rings is 2. The van der Waals surface area contributed by atoms with Crippen LogP contribution in [0.3, 0.4) is 0 Å². The van der Waals surface area contributed by atoms with Gasteiger partial charge >= 0.3 is 6.03 Å². The number of nitrogens with one attached hydrogen (secondary N) is 2. The Hall–Kier alpha value is -3.06. The Morgan fingerprint density at radius 1 is 1.15 bits per heavy atom. The van der Waals surface area contributed by atoms with Crippen LogP contribution >= 0.6 is 11.6 Å². The Morgan fingerprint density at radius 3 is 2.63 bits per heavy atom. The molecule has 1 fully saturated rings. The van der Waals surface area contributed by atoms with E-state index < -0.39 is 11.9 Å². The van der Waals surface area contributed by atoms with Gasteiger partial charge in [0, 0.05) is 0 Å². The third-order valence-electron chi connectivity index (χ3n) is 3.63. The van der Waals surface area contributed by atoms with E-state index in [1.54, 1.807) is 31.2 Å². The number of urea groups is 1. The third-order valence-corrected chi connectivity index (χ3v) is 3.92. The molecule has 8 heteroatoms. The molecule has 0 radical (unpaired) electrons. The molecule has 2 aromatic rings. The normalized spacial score (nSPS) is 14.9. The van der Waals surface area contributed by atoms with Gasteiger partial charge in [-0.2, -0.15) is 0 Å². The van der Waals surface area contributed by atoms with Gasteiger partial charge in [-0.25, -0.2) is 9.18 Å². The number of hydrogen-bond donors (Lipinski definition) is 2. The van der Waals surface area contributed by atoms with E-state index in [4.69, 9.17) is 21.1 Å². The molecular weight excluding hydrogens is 375 g/mol. The average Bonchev–Trinajstić information content (AvgIpc) is 2.91. The number of imide groups is 1. The molecule has 0 bridgehead atoms. The molecule has 0 saturated carbocycles. The predicted octanol–water partition coefficient (Wildman–Crippen LogP) is 3.64. The first kappa shape index (κ1) is 18.7. The summed E-state index contributed by atoms with van der Waals surface area (Å²) in [5.74, 6) is -0.200. The lowest BCUT2D eigenvalue weighted by molar-refractivity contribution is -0.115. The van der Waals surface area contributed by atoms with E-state index in [9.17, 15) is 14.0 Å². The number of amides is 3. The number of hydrogen-bond acceptors (Lipinski definition) is 4. The van der Waals surface area contributed by atoms with Crippen LogP contribution in [0.4, 0.5) is 9.18 Å². The van der Waals surface area contributed by atoms with Gasteiger partial charge in [0.15, 0.2) is 11.5 Å². The molecule has 2 N–H and O–H groups in total. The highest BCUT2D eigenvalue weighted by molar-refractivity contribution is 6.32. The Bertz CT molecular complexity index is 930. The second-order valence-corrected chi connectivity index (χ2v) is 6.06. The van der Waals surface area contributed by atoms with Gasteiger partial charge in [0.2, 0.25) is 0 Å². The first-order chi connectivity index (χ1) is 13.0. The minimum atomic E-state index is -0.586. The molecule has 0 atom stereocenters. The molecule has 0 aromatic heterocycles. The summed E-state index contributed by atoms with van der Waals surface area (Å²) in [5, 5.41) is 4.78. The zero-order chi connectivity index (χ0) is 19.4. The molecule has 140 valence electrons. The number of rotatable bonds is 6. The number of halogens is 2. The maximum Gasteiger partial charge on any atom is 0.326 e. The summed E-state index contributed by atoms with van der Waals surface area (Å²) >= 11 is 6.32. The average molecular weight is 391 g/mol. The molecule has 1 heterocycles. The third kappa shape index (κ3) is 4.57. The lowest BCUT2D eigenvalue weighted by Gasteiger charge is -2.15. The van der Waals surface area contributed by atoms with Crippen LogP contribution in [0.5, 0.6) is 11.5 Å². The van der Waals surface area contributed by atoms with Gasteiger partial charge in [-0.3, -0.25) is 10.1 Å². The molecule has 2 aromatic carbocycles. The minimum absolute atomic E-state index is 0.104. The molecule has 3 rings (SSSR count).